The van der Waals surface area contributed by atoms with Crippen molar-refractivity contribution in [3.8, 4) is 0 Å². The van der Waals surface area contributed by atoms with Gasteiger partial charge in [0.2, 0.25) is 0 Å². The van der Waals surface area contributed by atoms with E-state index in [4.69, 9.17) is 11.6 Å². The lowest BCUT2D eigenvalue weighted by atomic mass is 10.1. The molecule has 174 valence electrons. The van der Waals surface area contributed by atoms with Gasteiger partial charge >= 0.3 is 10.2 Å². The van der Waals surface area contributed by atoms with E-state index in [9.17, 15) is 22.0 Å². The van der Waals surface area contributed by atoms with E-state index in [-0.39, 0.29) is 41.0 Å². The summed E-state index contributed by atoms with van der Waals surface area (Å²) in [6.07, 6.45) is 1.78. The molecular weight excluding hydrogens is 476 g/mol. The molecule has 1 aliphatic carbocycles. The smallest absolute Gasteiger partial charge is 0.301 e. The average molecular weight is 496 g/mol. The number of aryl methyl sites for hydroxylation is 2. The number of hydrogen-bond acceptors (Lipinski definition) is 5. The first-order valence-electron chi connectivity index (χ1n) is 10.2. The van der Waals surface area contributed by atoms with Gasteiger partial charge in [-0.15, -0.1) is 0 Å². The zero-order valence-electron chi connectivity index (χ0n) is 17.7. The summed E-state index contributed by atoms with van der Waals surface area (Å²) in [7, 11) is -2.49. The molecule has 2 atom stereocenters. The first-order valence-corrected chi connectivity index (χ1v) is 12.0. The summed E-state index contributed by atoms with van der Waals surface area (Å²) in [6, 6.07) is 5.53. The van der Waals surface area contributed by atoms with Crippen LogP contribution in [-0.4, -0.2) is 41.0 Å². The largest absolute Gasteiger partial charge is 0.352 e. The van der Waals surface area contributed by atoms with Crippen molar-refractivity contribution in [1.29, 1.82) is 0 Å². The molecule has 2 N–H and O–H groups in total. The van der Waals surface area contributed by atoms with Gasteiger partial charge in [0.25, 0.3) is 5.56 Å². The maximum Gasteiger partial charge on any atom is 0.301 e. The molecule has 0 amide bonds. The van der Waals surface area contributed by atoms with Crippen LogP contribution in [0.25, 0.3) is 10.9 Å². The second kappa shape index (κ2) is 7.37. The molecule has 2 fully saturated rings. The first-order chi connectivity index (χ1) is 15.5. The summed E-state index contributed by atoms with van der Waals surface area (Å²) >= 11 is 6.37. The van der Waals surface area contributed by atoms with Crippen LogP contribution in [0.3, 0.4) is 0 Å². The standard InChI is InChI=1S/C21H20ClF2N5O3S/c1-11-14(5-6-15-17(11)20(30)28(2)10-25-15)26-19-13(23)3-4-16(18(19)22)27-33(31,32)29-8-12-7-21(12,24)9-29/h3-6,10,12,26-27H,7-9H2,1-2H3. The third kappa shape index (κ3) is 3.64. The van der Waals surface area contributed by atoms with Gasteiger partial charge in [-0.3, -0.25) is 9.52 Å². The van der Waals surface area contributed by atoms with E-state index >= 15 is 0 Å². The van der Waals surface area contributed by atoms with Crippen LogP contribution in [0.2, 0.25) is 5.02 Å². The van der Waals surface area contributed by atoms with Crippen molar-refractivity contribution in [1.82, 2.24) is 13.9 Å². The fraction of sp³-hybridized carbons (Fsp3) is 0.333. The van der Waals surface area contributed by atoms with Crippen molar-refractivity contribution < 1.29 is 17.2 Å². The van der Waals surface area contributed by atoms with Crippen LogP contribution in [0.5, 0.6) is 0 Å². The zero-order valence-corrected chi connectivity index (χ0v) is 19.3. The fourth-order valence-electron chi connectivity index (χ4n) is 4.23. The predicted molar refractivity (Wildman–Crippen MR) is 122 cm³/mol. The highest BCUT2D eigenvalue weighted by Crippen LogP contribution is 2.53. The highest BCUT2D eigenvalue weighted by Gasteiger charge is 2.63. The Labute approximate surface area is 193 Å². The predicted octanol–water partition coefficient (Wildman–Crippen LogP) is 3.48. The Morgan fingerprint density at radius 1 is 1.24 bits per heavy atom. The maximum absolute atomic E-state index is 14.7. The molecule has 0 spiro atoms. The summed E-state index contributed by atoms with van der Waals surface area (Å²) in [6.45, 7) is 1.57. The molecule has 2 heterocycles. The Morgan fingerprint density at radius 2 is 1.97 bits per heavy atom. The van der Waals surface area contributed by atoms with E-state index in [0.717, 1.165) is 10.4 Å². The van der Waals surface area contributed by atoms with Crippen LogP contribution < -0.4 is 15.6 Å². The van der Waals surface area contributed by atoms with E-state index in [0.29, 0.717) is 28.6 Å². The number of anilines is 3. The van der Waals surface area contributed by atoms with Gasteiger partial charge in [-0.1, -0.05) is 11.6 Å². The second-order valence-electron chi connectivity index (χ2n) is 8.54. The van der Waals surface area contributed by atoms with Crippen molar-refractivity contribution in [3.05, 3.63) is 57.3 Å². The number of rotatable bonds is 5. The molecule has 1 saturated carbocycles. The van der Waals surface area contributed by atoms with Crippen molar-refractivity contribution in [3.63, 3.8) is 0 Å². The molecule has 1 aromatic heterocycles. The van der Waals surface area contributed by atoms with Crippen molar-refractivity contribution in [2.24, 2.45) is 13.0 Å². The van der Waals surface area contributed by atoms with Gasteiger partial charge in [0, 0.05) is 31.7 Å². The summed E-state index contributed by atoms with van der Waals surface area (Å²) in [5.41, 5.74) is -0.490. The van der Waals surface area contributed by atoms with Crippen LogP contribution in [0.4, 0.5) is 25.8 Å². The molecule has 8 nitrogen and oxygen atoms in total. The molecule has 5 rings (SSSR count). The van der Waals surface area contributed by atoms with Crippen LogP contribution >= 0.6 is 11.6 Å². The van der Waals surface area contributed by atoms with Crippen LogP contribution in [0, 0.1) is 18.7 Å². The van der Waals surface area contributed by atoms with Gasteiger partial charge in [0.15, 0.2) is 0 Å². The number of alkyl halides is 1. The molecule has 1 saturated heterocycles. The fourth-order valence-corrected chi connectivity index (χ4v) is 5.87. The molecule has 33 heavy (non-hydrogen) atoms. The lowest BCUT2D eigenvalue weighted by Gasteiger charge is -2.21. The Balaban J connectivity index is 1.48. The molecule has 3 aromatic rings. The highest BCUT2D eigenvalue weighted by atomic mass is 35.5. The third-order valence-corrected chi connectivity index (χ3v) is 8.13. The Morgan fingerprint density at radius 3 is 2.67 bits per heavy atom. The van der Waals surface area contributed by atoms with Crippen molar-refractivity contribution in [2.75, 3.05) is 23.1 Å². The monoisotopic (exact) mass is 495 g/mol. The summed E-state index contributed by atoms with van der Waals surface area (Å²) in [5.74, 6) is -1.00. The molecule has 2 aliphatic rings. The number of benzene rings is 2. The minimum atomic E-state index is -4.07. The number of hydrogen-bond donors (Lipinski definition) is 2. The number of halogens is 3. The Hall–Kier alpha value is -2.76. The van der Waals surface area contributed by atoms with E-state index in [2.05, 4.69) is 15.0 Å². The van der Waals surface area contributed by atoms with E-state index in [1.54, 1.807) is 26.1 Å². The summed E-state index contributed by atoms with van der Waals surface area (Å²) < 4.78 is 59.0. The summed E-state index contributed by atoms with van der Waals surface area (Å²) in [4.78, 5) is 16.8. The maximum atomic E-state index is 14.7. The SMILES string of the molecule is Cc1c(Nc2c(F)ccc(NS(=O)(=O)N3CC4CC4(F)C3)c2Cl)ccc2ncn(C)c(=O)c12. The van der Waals surface area contributed by atoms with Gasteiger partial charge in [0.05, 0.1) is 33.6 Å². The molecule has 2 unspecified atom stereocenters. The van der Waals surface area contributed by atoms with E-state index in [1.165, 1.54) is 17.0 Å². The van der Waals surface area contributed by atoms with Gasteiger partial charge in [-0.05, 0) is 43.2 Å². The normalized spacial score (nSPS) is 22.4. The van der Waals surface area contributed by atoms with Crippen LogP contribution in [-0.2, 0) is 17.3 Å². The number of aromatic nitrogens is 2. The molecule has 0 bridgehead atoms. The Bertz CT molecular complexity index is 1480. The van der Waals surface area contributed by atoms with Gasteiger partial charge in [0.1, 0.15) is 11.5 Å². The topological polar surface area (TPSA) is 96.3 Å². The lowest BCUT2D eigenvalue weighted by Crippen LogP contribution is -2.36. The molecule has 0 radical (unpaired) electrons. The molecule has 12 heteroatoms. The molecule has 1 aliphatic heterocycles. The average Bonchev–Trinajstić information content (AvgIpc) is 3.27. The summed E-state index contributed by atoms with van der Waals surface area (Å²) in [5, 5.41) is 3.04. The zero-order chi connectivity index (χ0) is 23.7. The van der Waals surface area contributed by atoms with Gasteiger partial charge in [-0.25, -0.2) is 13.8 Å². The van der Waals surface area contributed by atoms with Gasteiger partial charge < -0.3 is 9.88 Å². The van der Waals surface area contributed by atoms with E-state index in [1.807, 2.05) is 0 Å². The van der Waals surface area contributed by atoms with Crippen LogP contribution in [0.1, 0.15) is 12.0 Å². The number of piperidine rings is 1. The molecule has 2 aromatic carbocycles. The third-order valence-electron chi connectivity index (χ3n) is 6.30. The van der Waals surface area contributed by atoms with E-state index < -0.39 is 21.7 Å². The first kappa shape index (κ1) is 22.1. The number of nitrogens with zero attached hydrogens (tertiary/aromatic N) is 3. The molecular formula is C21H20ClF2N5O3S. The number of nitrogens with one attached hydrogen (secondary N) is 2. The van der Waals surface area contributed by atoms with Gasteiger partial charge in [-0.2, -0.15) is 12.7 Å². The van der Waals surface area contributed by atoms with Crippen molar-refractivity contribution >= 4 is 49.8 Å². The minimum Gasteiger partial charge on any atom is -0.352 e. The van der Waals surface area contributed by atoms with Crippen molar-refractivity contribution in [2.45, 2.75) is 19.0 Å². The Kier molecular flexibility index (Phi) is 4.93. The second-order valence-corrected chi connectivity index (χ2v) is 10.6. The quantitative estimate of drug-likeness (QED) is 0.565. The van der Waals surface area contributed by atoms with Crippen LogP contribution in [0.15, 0.2) is 35.4 Å². The lowest BCUT2D eigenvalue weighted by molar-refractivity contribution is 0.288. The number of fused-ring (bicyclic) bond motifs is 2. The minimum absolute atomic E-state index is 0.0509. The highest BCUT2D eigenvalue weighted by molar-refractivity contribution is 7.90.